The number of hydrogen-bond acceptors (Lipinski definition) is 4. The number of nitrogens with zero attached hydrogens (tertiary/aromatic N) is 1. The van der Waals surface area contributed by atoms with Gasteiger partial charge < -0.3 is 10.1 Å². The van der Waals surface area contributed by atoms with Gasteiger partial charge in [0, 0.05) is 25.4 Å². The molecule has 0 aromatic heterocycles. The molecular formula is C25H30N2O3. The van der Waals surface area contributed by atoms with E-state index in [1.807, 2.05) is 62.4 Å². The Hall–Kier alpha value is -2.92. The maximum Gasteiger partial charge on any atom is 0.278 e. The highest BCUT2D eigenvalue weighted by Crippen LogP contribution is 2.31. The van der Waals surface area contributed by atoms with Gasteiger partial charge >= 0.3 is 0 Å². The molecule has 1 aliphatic heterocycles. The van der Waals surface area contributed by atoms with Crippen molar-refractivity contribution >= 4 is 23.1 Å². The number of hydrogen-bond donors (Lipinski definition) is 1. The maximum absolute atomic E-state index is 13.2. The maximum atomic E-state index is 13.2. The Morgan fingerprint density at radius 1 is 0.900 bits per heavy atom. The lowest BCUT2D eigenvalue weighted by Crippen LogP contribution is -2.34. The molecule has 0 saturated carbocycles. The van der Waals surface area contributed by atoms with E-state index in [2.05, 4.69) is 12.2 Å². The van der Waals surface area contributed by atoms with Gasteiger partial charge in [-0.05, 0) is 43.9 Å². The molecule has 158 valence electrons. The molecule has 2 aromatic rings. The summed E-state index contributed by atoms with van der Waals surface area (Å²) in [5.41, 5.74) is 4.45. The Labute approximate surface area is 178 Å². The highest BCUT2D eigenvalue weighted by Gasteiger charge is 2.38. The Morgan fingerprint density at radius 2 is 1.60 bits per heavy atom. The first-order chi connectivity index (χ1) is 14.5. The lowest BCUT2D eigenvalue weighted by Gasteiger charge is -2.15. The number of benzene rings is 2. The third-order valence-electron chi connectivity index (χ3n) is 5.23. The Bertz CT molecular complexity index is 932. The second-order valence-electron chi connectivity index (χ2n) is 7.64. The van der Waals surface area contributed by atoms with E-state index in [1.54, 1.807) is 0 Å². The summed E-state index contributed by atoms with van der Waals surface area (Å²) in [6.45, 7) is 7.69. The summed E-state index contributed by atoms with van der Waals surface area (Å²) in [5.74, 6) is -0.541. The van der Waals surface area contributed by atoms with Crippen LogP contribution in [0.3, 0.4) is 0 Å². The van der Waals surface area contributed by atoms with E-state index in [0.717, 1.165) is 35.2 Å². The zero-order valence-corrected chi connectivity index (χ0v) is 18.0. The Balaban J connectivity index is 1.83. The first kappa shape index (κ1) is 21.8. The van der Waals surface area contributed by atoms with Gasteiger partial charge in [-0.15, -0.1) is 0 Å². The summed E-state index contributed by atoms with van der Waals surface area (Å²) in [6.07, 6.45) is 2.73. The highest BCUT2D eigenvalue weighted by atomic mass is 16.5. The molecule has 5 heteroatoms. The summed E-state index contributed by atoms with van der Waals surface area (Å²) in [7, 11) is 0. The smallest absolute Gasteiger partial charge is 0.278 e. The molecule has 0 aliphatic carbocycles. The first-order valence-electron chi connectivity index (χ1n) is 10.6. The molecule has 1 heterocycles. The number of anilines is 1. The second-order valence-corrected chi connectivity index (χ2v) is 7.64. The molecule has 0 spiro atoms. The molecule has 2 aromatic carbocycles. The van der Waals surface area contributed by atoms with E-state index < -0.39 is 0 Å². The van der Waals surface area contributed by atoms with E-state index in [4.69, 9.17) is 4.74 Å². The fraction of sp³-hybridized carbons (Fsp3) is 0.360. The largest absolute Gasteiger partial charge is 0.381 e. The van der Waals surface area contributed by atoms with Gasteiger partial charge in [0.2, 0.25) is 0 Å². The second kappa shape index (κ2) is 10.2. The van der Waals surface area contributed by atoms with Crippen LogP contribution in [0, 0.1) is 13.8 Å². The molecule has 30 heavy (non-hydrogen) atoms. The van der Waals surface area contributed by atoms with Gasteiger partial charge in [0.05, 0.1) is 5.57 Å². The number of amides is 2. The molecule has 2 amide bonds. The number of carbonyl (C=O) groups excluding carboxylic acids is 2. The molecule has 0 bridgehead atoms. The van der Waals surface area contributed by atoms with Gasteiger partial charge in [-0.2, -0.15) is 0 Å². The van der Waals surface area contributed by atoms with Crippen LogP contribution in [0.4, 0.5) is 5.69 Å². The summed E-state index contributed by atoms with van der Waals surface area (Å²) in [6, 6.07) is 15.4. The van der Waals surface area contributed by atoms with Crippen molar-refractivity contribution in [2.24, 2.45) is 0 Å². The van der Waals surface area contributed by atoms with Crippen molar-refractivity contribution < 1.29 is 14.3 Å². The number of rotatable bonds is 10. The first-order valence-corrected chi connectivity index (χ1v) is 10.6. The van der Waals surface area contributed by atoms with E-state index in [9.17, 15) is 9.59 Å². The fourth-order valence-electron chi connectivity index (χ4n) is 3.40. The lowest BCUT2D eigenvalue weighted by atomic mass is 10.0. The quantitative estimate of drug-likeness (QED) is 0.459. The van der Waals surface area contributed by atoms with Crippen LogP contribution in [-0.2, 0) is 14.3 Å². The van der Waals surface area contributed by atoms with Crippen molar-refractivity contribution in [1.29, 1.82) is 0 Å². The summed E-state index contributed by atoms with van der Waals surface area (Å²) >= 11 is 0. The normalized spacial score (nSPS) is 14.0. The zero-order valence-electron chi connectivity index (χ0n) is 18.0. The minimum absolute atomic E-state index is 0.256. The molecule has 5 nitrogen and oxygen atoms in total. The highest BCUT2D eigenvalue weighted by molar-refractivity contribution is 6.36. The van der Waals surface area contributed by atoms with E-state index in [0.29, 0.717) is 37.4 Å². The zero-order chi connectivity index (χ0) is 21.5. The van der Waals surface area contributed by atoms with Gasteiger partial charge in [0.15, 0.2) is 0 Å². The van der Waals surface area contributed by atoms with Crippen molar-refractivity contribution in [3.05, 3.63) is 70.9 Å². The van der Waals surface area contributed by atoms with Gasteiger partial charge in [-0.1, -0.05) is 61.4 Å². The average molecular weight is 407 g/mol. The predicted molar refractivity (Wildman–Crippen MR) is 120 cm³/mol. The van der Waals surface area contributed by atoms with Crippen molar-refractivity contribution in [2.75, 3.05) is 25.1 Å². The molecule has 1 aliphatic rings. The summed E-state index contributed by atoms with van der Waals surface area (Å²) in [4.78, 5) is 27.7. The number of aryl methyl sites for hydroxylation is 2. The lowest BCUT2D eigenvalue weighted by molar-refractivity contribution is -0.137. The number of imide groups is 1. The number of ether oxygens (including phenoxy) is 1. The van der Waals surface area contributed by atoms with Gasteiger partial charge in [0.1, 0.15) is 5.70 Å². The standard InChI is InChI=1S/C25H30N2O3/c1-4-5-16-30-17-8-15-27-24(28)22(20-13-11-18(2)12-14-20)23(25(27)29)26-21-10-7-6-9-19(21)3/h6-7,9-14,26H,4-5,8,15-17H2,1-3H3. The van der Waals surface area contributed by atoms with Crippen LogP contribution >= 0.6 is 0 Å². The van der Waals surface area contributed by atoms with Crippen LogP contribution in [0.15, 0.2) is 54.2 Å². The van der Waals surface area contributed by atoms with E-state index in [-0.39, 0.29) is 11.8 Å². The Kier molecular flexibility index (Phi) is 7.41. The fourth-order valence-corrected chi connectivity index (χ4v) is 3.40. The van der Waals surface area contributed by atoms with Crippen molar-refractivity contribution in [2.45, 2.75) is 40.0 Å². The topological polar surface area (TPSA) is 58.6 Å². The molecule has 0 radical (unpaired) electrons. The Morgan fingerprint density at radius 3 is 2.30 bits per heavy atom. The van der Waals surface area contributed by atoms with Gasteiger partial charge in [0.25, 0.3) is 11.8 Å². The number of carbonyl (C=O) groups is 2. The monoisotopic (exact) mass is 406 g/mol. The van der Waals surface area contributed by atoms with Crippen molar-refractivity contribution in [3.63, 3.8) is 0 Å². The molecule has 0 saturated heterocycles. The van der Waals surface area contributed by atoms with E-state index >= 15 is 0 Å². The molecule has 3 rings (SSSR count). The summed E-state index contributed by atoms with van der Waals surface area (Å²) < 4.78 is 5.59. The number of para-hydroxylation sites is 1. The molecule has 0 unspecified atom stereocenters. The van der Waals surface area contributed by atoms with E-state index in [1.165, 1.54) is 4.90 Å². The molecular weight excluding hydrogens is 376 g/mol. The van der Waals surface area contributed by atoms with Crippen LogP contribution in [0.5, 0.6) is 0 Å². The van der Waals surface area contributed by atoms with Crippen molar-refractivity contribution in [3.8, 4) is 0 Å². The van der Waals surface area contributed by atoms with Gasteiger partial charge in [-0.3, -0.25) is 14.5 Å². The molecule has 1 N–H and O–H groups in total. The average Bonchev–Trinajstić information content (AvgIpc) is 2.97. The van der Waals surface area contributed by atoms with Gasteiger partial charge in [-0.25, -0.2) is 0 Å². The van der Waals surface area contributed by atoms with Crippen LogP contribution in [0.25, 0.3) is 5.57 Å². The number of nitrogens with one attached hydrogen (secondary N) is 1. The van der Waals surface area contributed by atoms with Crippen LogP contribution in [0.1, 0.15) is 42.9 Å². The number of unbranched alkanes of at least 4 members (excludes halogenated alkanes) is 1. The molecule has 0 atom stereocenters. The summed E-state index contributed by atoms with van der Waals surface area (Å²) in [5, 5.41) is 3.24. The van der Waals surface area contributed by atoms with Crippen LogP contribution in [0.2, 0.25) is 0 Å². The third kappa shape index (κ3) is 4.97. The third-order valence-corrected chi connectivity index (χ3v) is 5.23. The SMILES string of the molecule is CCCCOCCCN1C(=O)C(Nc2ccccc2C)=C(c2ccc(C)cc2)C1=O. The molecule has 0 fully saturated rings. The minimum Gasteiger partial charge on any atom is -0.381 e. The van der Waals surface area contributed by atoms with Crippen molar-refractivity contribution in [1.82, 2.24) is 4.90 Å². The minimum atomic E-state index is -0.285. The van der Waals surface area contributed by atoms with Crippen LogP contribution < -0.4 is 5.32 Å². The predicted octanol–water partition coefficient (Wildman–Crippen LogP) is 4.70. The van der Waals surface area contributed by atoms with Crippen LogP contribution in [-0.4, -0.2) is 36.5 Å².